The summed E-state index contributed by atoms with van der Waals surface area (Å²) in [6, 6.07) is 5.65. The molecule has 1 saturated heterocycles. The second kappa shape index (κ2) is 3.62. The van der Waals surface area contributed by atoms with Gasteiger partial charge in [-0.3, -0.25) is 4.48 Å². The van der Waals surface area contributed by atoms with Crippen LogP contribution in [0.5, 0.6) is 0 Å². The molecule has 0 saturated carbocycles. The molecule has 0 amide bonds. The number of hydrogen-bond acceptors (Lipinski definition) is 2. The molecule has 4 heteroatoms. The second-order valence-corrected chi connectivity index (χ2v) is 6.71. The summed E-state index contributed by atoms with van der Waals surface area (Å²) in [5, 5.41) is 9.81. The fourth-order valence-corrected chi connectivity index (χ4v) is 4.88. The van der Waals surface area contributed by atoms with Crippen molar-refractivity contribution in [2.45, 2.75) is 32.0 Å². The lowest BCUT2D eigenvalue weighted by atomic mass is 9.88. The van der Waals surface area contributed by atoms with E-state index in [-0.39, 0.29) is 0 Å². The molecule has 1 N–H and O–H groups in total. The van der Waals surface area contributed by atoms with Crippen molar-refractivity contribution in [1.82, 2.24) is 0 Å². The molecular formula is C16H20NO3+. The maximum atomic E-state index is 11.9. The minimum Gasteiger partial charge on any atom is -0.477 e. The van der Waals surface area contributed by atoms with Gasteiger partial charge in [-0.1, -0.05) is 25.1 Å². The van der Waals surface area contributed by atoms with Crippen molar-refractivity contribution in [3.63, 3.8) is 0 Å². The van der Waals surface area contributed by atoms with Gasteiger partial charge in [-0.15, -0.1) is 0 Å². The van der Waals surface area contributed by atoms with Crippen LogP contribution in [-0.4, -0.2) is 35.3 Å². The molecule has 0 aliphatic carbocycles. The first-order valence-corrected chi connectivity index (χ1v) is 7.35. The lowest BCUT2D eigenvalue weighted by Gasteiger charge is -2.57. The predicted octanol–water partition coefficient (Wildman–Crippen LogP) is 2.04. The molecule has 20 heavy (non-hydrogen) atoms. The molecule has 3 heterocycles. The fourth-order valence-electron chi connectivity index (χ4n) is 4.88. The van der Waals surface area contributed by atoms with Gasteiger partial charge in [0.1, 0.15) is 0 Å². The summed E-state index contributed by atoms with van der Waals surface area (Å²) in [4.78, 5) is 11.9. The van der Waals surface area contributed by atoms with Gasteiger partial charge in [0.15, 0.2) is 0 Å². The molecule has 3 aliphatic rings. The number of carboxylic acid groups (broad SMARTS) is 1. The van der Waals surface area contributed by atoms with Gasteiger partial charge in [0.05, 0.1) is 31.2 Å². The zero-order valence-corrected chi connectivity index (χ0v) is 11.9. The van der Waals surface area contributed by atoms with Crippen molar-refractivity contribution in [2.24, 2.45) is 5.92 Å². The highest BCUT2D eigenvalue weighted by Crippen LogP contribution is 2.59. The van der Waals surface area contributed by atoms with Crippen LogP contribution in [-0.2, 0) is 21.7 Å². The summed E-state index contributed by atoms with van der Waals surface area (Å²) in [7, 11) is 0. The zero-order chi connectivity index (χ0) is 14.1. The highest BCUT2D eigenvalue weighted by Gasteiger charge is 2.70. The topological polar surface area (TPSA) is 46.5 Å². The predicted molar refractivity (Wildman–Crippen MR) is 73.0 cm³/mol. The largest absolute Gasteiger partial charge is 0.477 e. The molecular weight excluding hydrogens is 254 g/mol. The number of quaternary nitrogens is 1. The standard InChI is InChI=1S/C16H19NO3/c1-10-8-17(9-10)14(15(18)19)12-5-3-4-11-6-7-20-16(17,2)13(11)12/h3-5,10,14H,6-9H2,1-2H3/p+1. The molecule has 2 unspecified atom stereocenters. The van der Waals surface area contributed by atoms with Crippen molar-refractivity contribution >= 4 is 5.97 Å². The molecule has 1 aromatic carbocycles. The molecule has 1 aromatic rings. The van der Waals surface area contributed by atoms with E-state index in [1.165, 1.54) is 5.56 Å². The molecule has 1 spiro atoms. The zero-order valence-electron chi connectivity index (χ0n) is 11.9. The van der Waals surface area contributed by atoms with Gasteiger partial charge in [-0.25, -0.2) is 4.79 Å². The van der Waals surface area contributed by atoms with E-state index >= 15 is 0 Å². The van der Waals surface area contributed by atoms with E-state index in [9.17, 15) is 9.90 Å². The Labute approximate surface area is 118 Å². The van der Waals surface area contributed by atoms with Crippen LogP contribution in [0.4, 0.5) is 0 Å². The summed E-state index contributed by atoms with van der Waals surface area (Å²) in [5.74, 6) is -0.151. The number of fused-ring (bicyclic) bond motifs is 1. The van der Waals surface area contributed by atoms with Crippen LogP contribution < -0.4 is 0 Å². The molecule has 3 aliphatic heterocycles. The smallest absolute Gasteiger partial charge is 0.367 e. The van der Waals surface area contributed by atoms with E-state index in [0.29, 0.717) is 17.0 Å². The molecule has 0 aromatic heterocycles. The first-order chi connectivity index (χ1) is 9.49. The van der Waals surface area contributed by atoms with E-state index < -0.39 is 17.7 Å². The average Bonchev–Trinajstić information content (AvgIpc) is 2.58. The van der Waals surface area contributed by atoms with Crippen molar-refractivity contribution in [1.29, 1.82) is 0 Å². The van der Waals surface area contributed by atoms with Gasteiger partial charge in [0, 0.05) is 12.5 Å². The maximum Gasteiger partial charge on any atom is 0.367 e. The molecule has 1 fully saturated rings. The van der Waals surface area contributed by atoms with Gasteiger partial charge in [-0.05, 0) is 12.0 Å². The molecule has 0 radical (unpaired) electrons. The van der Waals surface area contributed by atoms with Crippen LogP contribution in [0.3, 0.4) is 0 Å². The quantitative estimate of drug-likeness (QED) is 0.797. The Bertz CT molecular complexity index is 606. The van der Waals surface area contributed by atoms with Crippen LogP contribution in [0.25, 0.3) is 0 Å². The highest BCUT2D eigenvalue weighted by molar-refractivity contribution is 5.76. The summed E-state index contributed by atoms with van der Waals surface area (Å²) >= 11 is 0. The van der Waals surface area contributed by atoms with Crippen molar-refractivity contribution in [3.05, 3.63) is 34.9 Å². The second-order valence-electron chi connectivity index (χ2n) is 6.71. The van der Waals surface area contributed by atoms with Crippen LogP contribution in [0.1, 0.15) is 36.6 Å². The number of benzene rings is 1. The summed E-state index contributed by atoms with van der Waals surface area (Å²) in [5.41, 5.74) is 2.94. The average molecular weight is 274 g/mol. The normalized spacial score (nSPS) is 41.3. The molecule has 4 nitrogen and oxygen atoms in total. The van der Waals surface area contributed by atoms with Gasteiger partial charge in [0.25, 0.3) is 0 Å². The van der Waals surface area contributed by atoms with Crippen LogP contribution in [0.15, 0.2) is 18.2 Å². The Balaban J connectivity index is 1.99. The molecule has 106 valence electrons. The lowest BCUT2D eigenvalue weighted by molar-refractivity contribution is -1.06. The van der Waals surface area contributed by atoms with Crippen molar-refractivity contribution < 1.29 is 19.1 Å². The molecule has 4 rings (SSSR count). The number of hydrogen-bond donors (Lipinski definition) is 1. The third-order valence-corrected chi connectivity index (χ3v) is 5.55. The van der Waals surface area contributed by atoms with Crippen molar-refractivity contribution in [2.75, 3.05) is 19.7 Å². The third kappa shape index (κ3) is 1.18. The minimum atomic E-state index is -0.718. The van der Waals surface area contributed by atoms with Crippen molar-refractivity contribution in [3.8, 4) is 0 Å². The summed E-state index contributed by atoms with van der Waals surface area (Å²) in [6.07, 6.45) is 0.890. The maximum absolute atomic E-state index is 11.9. The van der Waals surface area contributed by atoms with Crippen LogP contribution in [0.2, 0.25) is 0 Å². The Morgan fingerprint density at radius 1 is 1.45 bits per heavy atom. The van der Waals surface area contributed by atoms with Gasteiger partial charge in [0.2, 0.25) is 11.8 Å². The summed E-state index contributed by atoms with van der Waals surface area (Å²) < 4.78 is 6.74. The Kier molecular flexibility index (Phi) is 2.24. The van der Waals surface area contributed by atoms with Gasteiger partial charge in [-0.2, -0.15) is 0 Å². The number of rotatable bonds is 1. The molecule has 2 atom stereocenters. The van der Waals surface area contributed by atoms with Crippen LogP contribution >= 0.6 is 0 Å². The Morgan fingerprint density at radius 3 is 2.85 bits per heavy atom. The number of aliphatic carboxylic acids is 1. The monoisotopic (exact) mass is 274 g/mol. The number of carboxylic acids is 1. The molecule has 0 bridgehead atoms. The fraction of sp³-hybridized carbons (Fsp3) is 0.562. The Hall–Kier alpha value is -1.39. The Morgan fingerprint density at radius 2 is 2.20 bits per heavy atom. The number of carbonyl (C=O) groups is 1. The number of nitrogens with zero attached hydrogens (tertiary/aromatic N) is 1. The SMILES string of the molecule is CC1C[N+]2(C1)C(C(=O)O)c1cccc3c1C2(C)OCC3. The van der Waals surface area contributed by atoms with E-state index in [2.05, 4.69) is 19.9 Å². The van der Waals surface area contributed by atoms with Gasteiger partial charge < -0.3 is 9.84 Å². The summed E-state index contributed by atoms with van der Waals surface area (Å²) in [6.45, 7) is 6.76. The lowest BCUT2D eigenvalue weighted by Crippen LogP contribution is -2.71. The first-order valence-electron chi connectivity index (χ1n) is 7.35. The van der Waals surface area contributed by atoms with Gasteiger partial charge >= 0.3 is 5.97 Å². The van der Waals surface area contributed by atoms with E-state index in [0.717, 1.165) is 30.6 Å². The first kappa shape index (κ1) is 12.4. The van der Waals surface area contributed by atoms with Crippen LogP contribution in [0, 0.1) is 5.92 Å². The third-order valence-electron chi connectivity index (χ3n) is 5.55. The van der Waals surface area contributed by atoms with E-state index in [4.69, 9.17) is 4.74 Å². The van der Waals surface area contributed by atoms with E-state index in [1.54, 1.807) is 0 Å². The highest BCUT2D eigenvalue weighted by atomic mass is 16.5. The van der Waals surface area contributed by atoms with E-state index in [1.807, 2.05) is 12.1 Å². The minimum absolute atomic E-state index is 0.468. The number of ether oxygens (including phenoxy) is 1.